The number of ether oxygens (including phenoxy) is 2. The van der Waals surface area contributed by atoms with Gasteiger partial charge in [0.2, 0.25) is 0 Å². The topological polar surface area (TPSA) is 58.1 Å². The molecule has 2 fully saturated rings. The van der Waals surface area contributed by atoms with Crippen LogP contribution in [0.25, 0.3) is 10.9 Å². The highest BCUT2D eigenvalue weighted by atomic mass is 16.5. The van der Waals surface area contributed by atoms with Gasteiger partial charge in [0.25, 0.3) is 0 Å². The van der Waals surface area contributed by atoms with Gasteiger partial charge in [-0.25, -0.2) is 4.98 Å². The van der Waals surface area contributed by atoms with E-state index in [1.807, 2.05) is 12.1 Å². The van der Waals surface area contributed by atoms with Crippen LogP contribution in [0.2, 0.25) is 0 Å². The minimum Gasteiger partial charge on any atom is -0.497 e. The lowest BCUT2D eigenvalue weighted by molar-refractivity contribution is -0.00236. The number of β-amino-alcohol motifs (C(OH)–C–C–N with tert-alkyl or cyclic N) is 1. The fourth-order valence-electron chi connectivity index (χ4n) is 4.65. The number of pyridine rings is 1. The first kappa shape index (κ1) is 19.3. The van der Waals surface area contributed by atoms with Crippen molar-refractivity contribution in [3.05, 3.63) is 23.8 Å². The molecule has 2 aromatic rings. The number of rotatable bonds is 5. The van der Waals surface area contributed by atoms with Gasteiger partial charge in [0.05, 0.1) is 19.8 Å². The second-order valence-electron chi connectivity index (χ2n) is 8.26. The van der Waals surface area contributed by atoms with E-state index < -0.39 is 5.60 Å². The highest BCUT2D eigenvalue weighted by Gasteiger charge is 2.36. The second kappa shape index (κ2) is 7.76. The lowest BCUT2D eigenvalue weighted by Gasteiger charge is -2.41. The molecule has 0 spiro atoms. The van der Waals surface area contributed by atoms with Crippen molar-refractivity contribution in [1.82, 2.24) is 9.88 Å². The number of anilines is 1. The van der Waals surface area contributed by atoms with E-state index in [-0.39, 0.29) is 0 Å². The number of likely N-dealkylation sites (tertiary alicyclic amines) is 1. The molecule has 1 N–H and O–H groups in total. The van der Waals surface area contributed by atoms with Crippen LogP contribution in [0.5, 0.6) is 11.5 Å². The minimum atomic E-state index is -0.670. The summed E-state index contributed by atoms with van der Waals surface area (Å²) in [4.78, 5) is 9.56. The Bertz CT molecular complexity index is 851. The summed E-state index contributed by atoms with van der Waals surface area (Å²) in [6, 6.07) is 5.99. The van der Waals surface area contributed by atoms with E-state index >= 15 is 0 Å². The summed E-state index contributed by atoms with van der Waals surface area (Å²) in [6.45, 7) is 6.60. The molecule has 6 heteroatoms. The van der Waals surface area contributed by atoms with Crippen molar-refractivity contribution in [1.29, 1.82) is 0 Å². The lowest BCUT2D eigenvalue weighted by atomic mass is 9.92. The van der Waals surface area contributed by atoms with Crippen LogP contribution < -0.4 is 14.4 Å². The molecule has 28 heavy (non-hydrogen) atoms. The Morgan fingerprint density at radius 3 is 2.57 bits per heavy atom. The first-order valence-electron chi connectivity index (χ1n) is 10.2. The SMILES string of the molecule is COc1cc(OC)c2nc(N3CCC[C@@](O)(CN4CCCC4)C3)cc(C)c2c1. The van der Waals surface area contributed by atoms with Crippen molar-refractivity contribution >= 4 is 16.7 Å². The van der Waals surface area contributed by atoms with Crippen LogP contribution in [-0.2, 0) is 0 Å². The average Bonchev–Trinajstić information content (AvgIpc) is 3.19. The van der Waals surface area contributed by atoms with Crippen molar-refractivity contribution in [2.45, 2.75) is 38.2 Å². The smallest absolute Gasteiger partial charge is 0.148 e. The van der Waals surface area contributed by atoms with E-state index in [2.05, 4.69) is 22.8 Å². The van der Waals surface area contributed by atoms with E-state index in [1.54, 1.807) is 14.2 Å². The van der Waals surface area contributed by atoms with Crippen molar-refractivity contribution in [2.24, 2.45) is 0 Å². The maximum atomic E-state index is 11.3. The molecule has 2 aliphatic heterocycles. The Labute approximate surface area is 167 Å². The van der Waals surface area contributed by atoms with Crippen molar-refractivity contribution < 1.29 is 14.6 Å². The maximum absolute atomic E-state index is 11.3. The lowest BCUT2D eigenvalue weighted by Crippen LogP contribution is -2.54. The van der Waals surface area contributed by atoms with Crippen LogP contribution in [0, 0.1) is 6.92 Å². The van der Waals surface area contributed by atoms with Crippen LogP contribution in [0.1, 0.15) is 31.2 Å². The molecule has 0 saturated carbocycles. The van der Waals surface area contributed by atoms with Crippen molar-refractivity contribution in [2.75, 3.05) is 51.8 Å². The molecular weight excluding hydrogens is 354 g/mol. The van der Waals surface area contributed by atoms with Crippen LogP contribution in [0.15, 0.2) is 18.2 Å². The van der Waals surface area contributed by atoms with Gasteiger partial charge in [0, 0.05) is 31.1 Å². The van der Waals surface area contributed by atoms with Crippen LogP contribution in [0.4, 0.5) is 5.82 Å². The number of fused-ring (bicyclic) bond motifs is 1. The molecule has 1 aromatic heterocycles. The van der Waals surface area contributed by atoms with Gasteiger partial charge >= 0.3 is 0 Å². The number of aliphatic hydroxyl groups is 1. The minimum absolute atomic E-state index is 0.625. The van der Waals surface area contributed by atoms with Gasteiger partial charge in [-0.1, -0.05) is 0 Å². The van der Waals surface area contributed by atoms with Crippen LogP contribution in [-0.4, -0.2) is 67.5 Å². The number of methoxy groups -OCH3 is 2. The monoisotopic (exact) mass is 385 g/mol. The molecule has 0 unspecified atom stereocenters. The van der Waals surface area contributed by atoms with E-state index in [4.69, 9.17) is 14.5 Å². The number of piperidine rings is 1. The van der Waals surface area contributed by atoms with E-state index in [0.717, 1.165) is 67.1 Å². The quantitative estimate of drug-likeness (QED) is 0.854. The molecule has 0 aliphatic carbocycles. The van der Waals surface area contributed by atoms with E-state index in [9.17, 15) is 5.11 Å². The normalized spacial score (nSPS) is 23.4. The van der Waals surface area contributed by atoms with Gasteiger partial charge in [0.15, 0.2) is 0 Å². The predicted molar refractivity (Wildman–Crippen MR) is 112 cm³/mol. The third-order valence-corrected chi connectivity index (χ3v) is 6.10. The Balaban J connectivity index is 1.64. The fraction of sp³-hybridized carbons (Fsp3) is 0.591. The highest BCUT2D eigenvalue weighted by molar-refractivity contribution is 5.90. The summed E-state index contributed by atoms with van der Waals surface area (Å²) < 4.78 is 11.0. The molecule has 0 amide bonds. The van der Waals surface area contributed by atoms with Crippen LogP contribution >= 0.6 is 0 Å². The molecule has 0 bridgehead atoms. The summed E-state index contributed by atoms with van der Waals surface area (Å²) in [5, 5.41) is 12.3. The number of benzene rings is 1. The van der Waals surface area contributed by atoms with Crippen molar-refractivity contribution in [3.8, 4) is 11.5 Å². The zero-order valence-electron chi connectivity index (χ0n) is 17.2. The molecule has 2 saturated heterocycles. The first-order chi connectivity index (χ1) is 13.5. The Morgan fingerprint density at radius 1 is 1.07 bits per heavy atom. The first-order valence-corrected chi connectivity index (χ1v) is 10.2. The van der Waals surface area contributed by atoms with Crippen LogP contribution in [0.3, 0.4) is 0 Å². The molecule has 152 valence electrons. The summed E-state index contributed by atoms with van der Waals surface area (Å²) in [7, 11) is 3.32. The Hall–Kier alpha value is -2.05. The Morgan fingerprint density at radius 2 is 1.86 bits per heavy atom. The maximum Gasteiger partial charge on any atom is 0.148 e. The summed E-state index contributed by atoms with van der Waals surface area (Å²) >= 11 is 0. The number of hydrogen-bond donors (Lipinski definition) is 1. The van der Waals surface area contributed by atoms with Gasteiger partial charge < -0.3 is 24.4 Å². The van der Waals surface area contributed by atoms with E-state index in [0.29, 0.717) is 12.3 Å². The molecule has 1 aromatic carbocycles. The van der Waals surface area contributed by atoms with Crippen molar-refractivity contribution in [3.63, 3.8) is 0 Å². The molecule has 3 heterocycles. The standard InChI is InChI=1S/C22H31N3O3/c1-16-11-20(23-21-18(16)12-17(27-2)13-19(21)28-3)25-10-6-7-22(26,15-25)14-24-8-4-5-9-24/h11-13,26H,4-10,14-15H2,1-3H3/t22-/m1/s1. The summed E-state index contributed by atoms with van der Waals surface area (Å²) in [5.74, 6) is 2.39. The molecular formula is C22H31N3O3. The number of nitrogens with zero attached hydrogens (tertiary/aromatic N) is 3. The summed E-state index contributed by atoms with van der Waals surface area (Å²) in [6.07, 6.45) is 4.32. The van der Waals surface area contributed by atoms with Gasteiger partial charge in [0.1, 0.15) is 22.8 Å². The highest BCUT2D eigenvalue weighted by Crippen LogP contribution is 2.35. The molecule has 6 nitrogen and oxygen atoms in total. The molecule has 0 radical (unpaired) electrons. The third-order valence-electron chi connectivity index (χ3n) is 6.10. The van der Waals surface area contributed by atoms with Gasteiger partial charge in [-0.05, 0) is 63.4 Å². The molecule has 4 rings (SSSR count). The number of hydrogen-bond acceptors (Lipinski definition) is 6. The van der Waals surface area contributed by atoms with Gasteiger partial charge in [-0.15, -0.1) is 0 Å². The zero-order valence-corrected chi connectivity index (χ0v) is 17.2. The van der Waals surface area contributed by atoms with Gasteiger partial charge in [-0.2, -0.15) is 0 Å². The van der Waals surface area contributed by atoms with E-state index in [1.165, 1.54) is 12.8 Å². The molecule has 2 aliphatic rings. The fourth-order valence-corrected chi connectivity index (χ4v) is 4.65. The largest absolute Gasteiger partial charge is 0.497 e. The Kier molecular flexibility index (Phi) is 5.34. The number of aryl methyl sites for hydroxylation is 1. The second-order valence-corrected chi connectivity index (χ2v) is 8.26. The zero-order chi connectivity index (χ0) is 19.7. The average molecular weight is 386 g/mol. The van der Waals surface area contributed by atoms with Gasteiger partial charge in [-0.3, -0.25) is 0 Å². The third kappa shape index (κ3) is 3.76. The summed E-state index contributed by atoms with van der Waals surface area (Å²) in [5.41, 5.74) is 1.30. The molecule has 1 atom stereocenters. The predicted octanol–water partition coefficient (Wildman–Crippen LogP) is 2.99. The number of aromatic nitrogens is 1.